The summed E-state index contributed by atoms with van der Waals surface area (Å²) in [5, 5.41) is 1.15. The van der Waals surface area contributed by atoms with Gasteiger partial charge in [0.05, 0.1) is 13.2 Å². The second kappa shape index (κ2) is 10.1. The molecule has 0 bridgehead atoms. The maximum absolute atomic E-state index is 12.3. The smallest absolute Gasteiger partial charge is 0.316 e. The predicted octanol–water partition coefficient (Wildman–Crippen LogP) is 5.25. The SMILES string of the molecule is CCOC(=O)C(CCC(c1ccc(OCC)cc1)c1c[nH]c2ccccc12)C(C)=O. The molecule has 1 aromatic heterocycles. The Morgan fingerprint density at radius 1 is 0.967 bits per heavy atom. The van der Waals surface area contributed by atoms with Gasteiger partial charge in [-0.3, -0.25) is 9.59 Å². The molecule has 0 amide bonds. The van der Waals surface area contributed by atoms with Crippen molar-refractivity contribution in [3.05, 3.63) is 65.9 Å². The summed E-state index contributed by atoms with van der Waals surface area (Å²) in [4.78, 5) is 27.7. The summed E-state index contributed by atoms with van der Waals surface area (Å²) in [5.41, 5.74) is 3.34. The monoisotopic (exact) mass is 407 g/mol. The van der Waals surface area contributed by atoms with Crippen LogP contribution in [0.5, 0.6) is 5.75 Å². The third-order valence-electron chi connectivity index (χ3n) is 5.40. The van der Waals surface area contributed by atoms with Crippen LogP contribution in [0.2, 0.25) is 0 Å². The fraction of sp³-hybridized carbons (Fsp3) is 0.360. The standard InChI is InChI=1S/C25H29NO4/c1-4-29-19-12-10-18(11-13-19)21(15-14-20(17(3)27)25(28)30-5-2)23-16-26-24-9-7-6-8-22(23)24/h6-13,16,20-21,26H,4-5,14-15H2,1-3H3. The van der Waals surface area contributed by atoms with Crippen LogP contribution in [0.25, 0.3) is 10.9 Å². The van der Waals surface area contributed by atoms with Crippen LogP contribution in [-0.2, 0) is 14.3 Å². The lowest BCUT2D eigenvalue weighted by atomic mass is 9.84. The van der Waals surface area contributed by atoms with Gasteiger partial charge in [-0.05, 0) is 62.9 Å². The van der Waals surface area contributed by atoms with Gasteiger partial charge >= 0.3 is 5.97 Å². The fourth-order valence-corrected chi connectivity index (χ4v) is 3.91. The highest BCUT2D eigenvalue weighted by atomic mass is 16.5. The van der Waals surface area contributed by atoms with E-state index in [1.54, 1.807) is 6.92 Å². The molecule has 158 valence electrons. The molecule has 0 fully saturated rings. The molecule has 0 aliphatic rings. The lowest BCUT2D eigenvalue weighted by Crippen LogP contribution is -2.25. The second-order valence-corrected chi connectivity index (χ2v) is 7.34. The van der Waals surface area contributed by atoms with Crippen molar-refractivity contribution in [1.29, 1.82) is 0 Å². The Morgan fingerprint density at radius 2 is 1.70 bits per heavy atom. The number of Topliss-reactive ketones (excluding diaryl/α,β-unsaturated/α-hetero) is 1. The van der Waals surface area contributed by atoms with Gasteiger partial charge in [-0.25, -0.2) is 0 Å². The first kappa shape index (κ1) is 21.6. The summed E-state index contributed by atoms with van der Waals surface area (Å²) >= 11 is 0. The number of aromatic nitrogens is 1. The van der Waals surface area contributed by atoms with Crippen molar-refractivity contribution in [2.24, 2.45) is 5.92 Å². The van der Waals surface area contributed by atoms with Crippen LogP contribution >= 0.6 is 0 Å². The third-order valence-corrected chi connectivity index (χ3v) is 5.40. The number of ketones is 1. The molecular formula is C25H29NO4. The molecule has 2 unspecified atom stereocenters. The number of fused-ring (bicyclic) bond motifs is 1. The van der Waals surface area contributed by atoms with E-state index in [4.69, 9.17) is 9.47 Å². The van der Waals surface area contributed by atoms with E-state index in [0.29, 0.717) is 19.4 Å². The molecule has 0 saturated heterocycles. The average molecular weight is 408 g/mol. The van der Waals surface area contributed by atoms with Gasteiger partial charge in [-0.2, -0.15) is 0 Å². The third kappa shape index (κ3) is 4.90. The summed E-state index contributed by atoms with van der Waals surface area (Å²) in [6.07, 6.45) is 3.11. The minimum atomic E-state index is -0.736. The largest absolute Gasteiger partial charge is 0.494 e. The highest BCUT2D eigenvalue weighted by Crippen LogP contribution is 2.36. The van der Waals surface area contributed by atoms with Gasteiger partial charge in [0, 0.05) is 23.0 Å². The zero-order valence-electron chi connectivity index (χ0n) is 17.8. The molecular weight excluding hydrogens is 378 g/mol. The van der Waals surface area contributed by atoms with Crippen molar-refractivity contribution >= 4 is 22.7 Å². The Balaban J connectivity index is 1.93. The molecule has 0 spiro atoms. The van der Waals surface area contributed by atoms with Crippen LogP contribution in [0.1, 0.15) is 50.7 Å². The molecule has 0 aliphatic heterocycles. The van der Waals surface area contributed by atoms with Gasteiger partial charge in [-0.1, -0.05) is 30.3 Å². The van der Waals surface area contributed by atoms with E-state index >= 15 is 0 Å². The van der Waals surface area contributed by atoms with Gasteiger partial charge < -0.3 is 14.5 Å². The van der Waals surface area contributed by atoms with Gasteiger partial charge in [0.25, 0.3) is 0 Å². The van der Waals surface area contributed by atoms with Crippen molar-refractivity contribution in [3.8, 4) is 5.75 Å². The molecule has 2 aromatic carbocycles. The number of hydrogen-bond donors (Lipinski definition) is 1. The molecule has 30 heavy (non-hydrogen) atoms. The number of carbonyl (C=O) groups is 2. The van der Waals surface area contributed by atoms with Crippen molar-refractivity contribution in [1.82, 2.24) is 4.98 Å². The second-order valence-electron chi connectivity index (χ2n) is 7.34. The van der Waals surface area contributed by atoms with E-state index in [-0.39, 0.29) is 18.3 Å². The zero-order valence-corrected chi connectivity index (χ0v) is 17.8. The van der Waals surface area contributed by atoms with E-state index < -0.39 is 11.9 Å². The number of nitrogens with one attached hydrogen (secondary N) is 1. The lowest BCUT2D eigenvalue weighted by Gasteiger charge is -2.20. The van der Waals surface area contributed by atoms with E-state index in [1.807, 2.05) is 43.5 Å². The van der Waals surface area contributed by atoms with Gasteiger partial charge in [0.2, 0.25) is 0 Å². The summed E-state index contributed by atoms with van der Waals surface area (Å²) < 4.78 is 10.7. The molecule has 0 saturated carbocycles. The number of para-hydroxylation sites is 1. The van der Waals surface area contributed by atoms with Crippen LogP contribution in [0.4, 0.5) is 0 Å². The number of H-pyrrole nitrogens is 1. The van der Waals surface area contributed by atoms with E-state index in [2.05, 4.69) is 23.2 Å². The Hall–Kier alpha value is -3.08. The topological polar surface area (TPSA) is 68.4 Å². The number of aromatic amines is 1. The zero-order chi connectivity index (χ0) is 21.5. The normalized spacial score (nSPS) is 13.0. The highest BCUT2D eigenvalue weighted by Gasteiger charge is 2.27. The molecule has 3 aromatic rings. The van der Waals surface area contributed by atoms with E-state index in [9.17, 15) is 9.59 Å². The van der Waals surface area contributed by atoms with Crippen molar-refractivity contribution in [2.45, 2.75) is 39.5 Å². The fourth-order valence-electron chi connectivity index (χ4n) is 3.91. The quantitative estimate of drug-likeness (QED) is 0.368. The summed E-state index contributed by atoms with van der Waals surface area (Å²) in [7, 11) is 0. The van der Waals surface area contributed by atoms with Crippen molar-refractivity contribution in [3.63, 3.8) is 0 Å². The van der Waals surface area contributed by atoms with Crippen molar-refractivity contribution < 1.29 is 19.1 Å². The lowest BCUT2D eigenvalue weighted by molar-refractivity contribution is -0.151. The number of esters is 1. The first-order valence-electron chi connectivity index (χ1n) is 10.5. The number of benzene rings is 2. The van der Waals surface area contributed by atoms with Crippen LogP contribution in [0.3, 0.4) is 0 Å². The molecule has 3 rings (SSSR count). The maximum atomic E-state index is 12.3. The number of carbonyl (C=O) groups excluding carboxylic acids is 2. The van der Waals surface area contributed by atoms with E-state index in [0.717, 1.165) is 27.8 Å². The van der Waals surface area contributed by atoms with Crippen molar-refractivity contribution in [2.75, 3.05) is 13.2 Å². The number of rotatable bonds is 10. The Labute approximate surface area is 177 Å². The highest BCUT2D eigenvalue weighted by molar-refractivity contribution is 5.97. The van der Waals surface area contributed by atoms with Crippen LogP contribution in [-0.4, -0.2) is 30.0 Å². The number of ether oxygens (including phenoxy) is 2. The molecule has 5 heteroatoms. The summed E-state index contributed by atoms with van der Waals surface area (Å²) in [5.74, 6) is -0.465. The molecule has 5 nitrogen and oxygen atoms in total. The van der Waals surface area contributed by atoms with Gasteiger partial charge in [-0.15, -0.1) is 0 Å². The number of hydrogen-bond acceptors (Lipinski definition) is 4. The molecule has 0 radical (unpaired) electrons. The van der Waals surface area contributed by atoms with Crippen LogP contribution < -0.4 is 4.74 Å². The summed E-state index contributed by atoms with van der Waals surface area (Å²) in [6.45, 7) is 6.06. The molecule has 1 N–H and O–H groups in total. The Morgan fingerprint density at radius 3 is 2.37 bits per heavy atom. The predicted molar refractivity (Wildman–Crippen MR) is 118 cm³/mol. The summed E-state index contributed by atoms with van der Waals surface area (Å²) in [6, 6.07) is 16.2. The Kier molecular flexibility index (Phi) is 7.28. The first-order valence-corrected chi connectivity index (χ1v) is 10.5. The first-order chi connectivity index (χ1) is 14.5. The van der Waals surface area contributed by atoms with E-state index in [1.165, 1.54) is 6.92 Å². The average Bonchev–Trinajstić information content (AvgIpc) is 3.16. The minimum absolute atomic E-state index is 0.0353. The van der Waals surface area contributed by atoms with Gasteiger partial charge in [0.15, 0.2) is 0 Å². The maximum Gasteiger partial charge on any atom is 0.316 e. The molecule has 1 heterocycles. The molecule has 2 atom stereocenters. The molecule has 0 aliphatic carbocycles. The minimum Gasteiger partial charge on any atom is -0.494 e. The van der Waals surface area contributed by atoms with Crippen LogP contribution in [0, 0.1) is 5.92 Å². The van der Waals surface area contributed by atoms with Gasteiger partial charge in [0.1, 0.15) is 17.5 Å². The van der Waals surface area contributed by atoms with Crippen LogP contribution in [0.15, 0.2) is 54.7 Å². The Bertz CT molecular complexity index is 990.